The minimum Gasteiger partial charge on any atom is -0.497 e. The molecule has 3 nitrogen and oxygen atoms in total. The first-order valence-electron chi connectivity index (χ1n) is 7.94. The molecule has 0 atom stereocenters. The van der Waals surface area contributed by atoms with Gasteiger partial charge in [-0.25, -0.2) is 4.98 Å². The zero-order valence-corrected chi connectivity index (χ0v) is 16.1. The van der Waals surface area contributed by atoms with Gasteiger partial charge in [-0.05, 0) is 30.2 Å². The highest BCUT2D eigenvalue weighted by Crippen LogP contribution is 2.35. The average Bonchev–Trinajstić information content (AvgIpc) is 2.49. The van der Waals surface area contributed by atoms with Crippen LogP contribution in [0.2, 0.25) is 19.6 Å². The van der Waals surface area contributed by atoms with E-state index in [-0.39, 0.29) is 16.7 Å². The maximum atomic E-state index is 13.7. The number of anilines is 1. The number of nitrogen functional groups attached to an aromatic ring is 1. The van der Waals surface area contributed by atoms with E-state index in [1.807, 2.05) is 31.8 Å². The lowest BCUT2D eigenvalue weighted by molar-refractivity contribution is -0.137. The van der Waals surface area contributed by atoms with Crippen LogP contribution in [0.15, 0.2) is 24.3 Å². The van der Waals surface area contributed by atoms with Crippen LogP contribution in [-0.2, 0) is 12.6 Å². The summed E-state index contributed by atoms with van der Waals surface area (Å²) in [5.74, 6) is 0.871. The van der Waals surface area contributed by atoms with Crippen LogP contribution >= 0.6 is 0 Å². The smallest absolute Gasteiger partial charge is 0.418 e. The molecule has 0 aliphatic rings. The van der Waals surface area contributed by atoms with E-state index in [1.54, 1.807) is 19.2 Å². The Morgan fingerprint density at radius 2 is 1.68 bits per heavy atom. The summed E-state index contributed by atoms with van der Waals surface area (Å²) in [5, 5.41) is 0.119. The van der Waals surface area contributed by atoms with Gasteiger partial charge in [-0.1, -0.05) is 31.8 Å². The quantitative estimate of drug-likeness (QED) is 0.826. The second kappa shape index (κ2) is 6.71. The summed E-state index contributed by atoms with van der Waals surface area (Å²) >= 11 is 0. The summed E-state index contributed by atoms with van der Waals surface area (Å²) in [6.45, 7) is 7.01. The van der Waals surface area contributed by atoms with Gasteiger partial charge in [0, 0.05) is 17.3 Å². The predicted octanol–water partition coefficient (Wildman–Crippen LogP) is 4.14. The maximum Gasteiger partial charge on any atom is 0.418 e. The van der Waals surface area contributed by atoms with E-state index in [1.165, 1.54) is 6.92 Å². The first-order chi connectivity index (χ1) is 11.4. The number of ether oxygens (including phenoxy) is 1. The summed E-state index contributed by atoms with van der Waals surface area (Å²) < 4.78 is 46.2. The van der Waals surface area contributed by atoms with Crippen molar-refractivity contribution in [3.63, 3.8) is 0 Å². The van der Waals surface area contributed by atoms with E-state index in [0.29, 0.717) is 17.7 Å². The maximum absolute atomic E-state index is 13.7. The molecule has 0 unspecified atom stereocenters. The molecule has 0 spiro atoms. The number of aromatic nitrogens is 1. The number of alkyl halides is 3. The van der Waals surface area contributed by atoms with Gasteiger partial charge in [0.1, 0.15) is 19.6 Å². The molecule has 136 valence electrons. The molecule has 0 bridgehead atoms. The zero-order chi connectivity index (χ0) is 19.0. The molecule has 0 aliphatic carbocycles. The van der Waals surface area contributed by atoms with Gasteiger partial charge in [-0.3, -0.25) is 0 Å². The van der Waals surface area contributed by atoms with E-state index >= 15 is 0 Å². The lowest BCUT2D eigenvalue weighted by Gasteiger charge is -2.25. The highest BCUT2D eigenvalue weighted by Gasteiger charge is 2.41. The Bertz CT molecular complexity index is 766. The number of hydrogen-bond donors (Lipinski definition) is 1. The van der Waals surface area contributed by atoms with Crippen LogP contribution in [0.1, 0.15) is 22.3 Å². The molecule has 0 amide bonds. The lowest BCUT2D eigenvalue weighted by Crippen LogP contribution is -2.46. The Labute approximate surface area is 147 Å². The summed E-state index contributed by atoms with van der Waals surface area (Å²) in [7, 11) is -0.744. The zero-order valence-electron chi connectivity index (χ0n) is 15.1. The summed E-state index contributed by atoms with van der Waals surface area (Å²) in [6, 6.07) is 7.18. The molecule has 2 aromatic rings. The van der Waals surface area contributed by atoms with Crippen LogP contribution in [-0.4, -0.2) is 20.2 Å². The highest BCUT2D eigenvalue weighted by atomic mass is 28.3. The number of nitrogens with zero attached hydrogens (tertiary/aromatic N) is 1. The summed E-state index contributed by atoms with van der Waals surface area (Å²) in [5.41, 5.74) is 6.89. The molecule has 2 N–H and O–H groups in total. The van der Waals surface area contributed by atoms with Gasteiger partial charge in [0.25, 0.3) is 0 Å². The van der Waals surface area contributed by atoms with E-state index < -0.39 is 19.8 Å². The average molecular weight is 368 g/mol. The van der Waals surface area contributed by atoms with Crippen molar-refractivity contribution in [1.82, 2.24) is 4.98 Å². The normalized spacial score (nSPS) is 12.3. The second-order valence-corrected chi connectivity index (χ2v) is 12.1. The Kier molecular flexibility index (Phi) is 5.18. The van der Waals surface area contributed by atoms with E-state index in [9.17, 15) is 13.2 Å². The van der Waals surface area contributed by atoms with Crippen molar-refractivity contribution in [2.45, 2.75) is 39.2 Å². The number of pyridine rings is 1. The summed E-state index contributed by atoms with van der Waals surface area (Å²) in [6.07, 6.45) is -4.15. The van der Waals surface area contributed by atoms with Crippen molar-refractivity contribution in [3.8, 4) is 5.75 Å². The molecule has 0 saturated carbocycles. The van der Waals surface area contributed by atoms with Gasteiger partial charge in [0.05, 0.1) is 12.7 Å². The van der Waals surface area contributed by atoms with Crippen molar-refractivity contribution >= 4 is 19.2 Å². The Morgan fingerprint density at radius 3 is 2.12 bits per heavy atom. The molecule has 0 radical (unpaired) electrons. The van der Waals surface area contributed by atoms with E-state index in [4.69, 9.17) is 10.5 Å². The minimum absolute atomic E-state index is 0.119. The molecule has 1 aromatic heterocycles. The van der Waals surface area contributed by atoms with E-state index in [0.717, 1.165) is 5.56 Å². The van der Waals surface area contributed by atoms with Crippen LogP contribution in [0.5, 0.6) is 5.75 Å². The third kappa shape index (κ3) is 4.15. The van der Waals surface area contributed by atoms with Crippen LogP contribution in [0.3, 0.4) is 0 Å². The number of hydrogen-bond acceptors (Lipinski definition) is 3. The topological polar surface area (TPSA) is 48.1 Å². The molecule has 7 heteroatoms. The molecule has 1 heterocycles. The Hall–Kier alpha value is -2.02. The van der Waals surface area contributed by atoms with Gasteiger partial charge in [0.15, 0.2) is 0 Å². The van der Waals surface area contributed by atoms with Gasteiger partial charge in [0.2, 0.25) is 0 Å². The van der Waals surface area contributed by atoms with Crippen molar-refractivity contribution < 1.29 is 17.9 Å². The number of benzene rings is 1. The number of rotatable bonds is 4. The molecular weight excluding hydrogens is 345 g/mol. The van der Waals surface area contributed by atoms with Gasteiger partial charge in [-0.15, -0.1) is 0 Å². The van der Waals surface area contributed by atoms with Crippen molar-refractivity contribution in [3.05, 3.63) is 46.5 Å². The monoisotopic (exact) mass is 368 g/mol. The second-order valence-electron chi connectivity index (χ2n) is 7.10. The van der Waals surface area contributed by atoms with Crippen LogP contribution < -0.4 is 15.8 Å². The van der Waals surface area contributed by atoms with Crippen molar-refractivity contribution in [2.24, 2.45) is 0 Å². The van der Waals surface area contributed by atoms with Crippen molar-refractivity contribution in [2.75, 3.05) is 12.8 Å². The first kappa shape index (κ1) is 19.3. The Balaban J connectivity index is 2.59. The number of methoxy groups -OCH3 is 1. The van der Waals surface area contributed by atoms with Gasteiger partial charge < -0.3 is 10.5 Å². The van der Waals surface area contributed by atoms with Gasteiger partial charge >= 0.3 is 6.18 Å². The molecule has 0 saturated heterocycles. The van der Waals surface area contributed by atoms with Gasteiger partial charge in [-0.2, -0.15) is 13.2 Å². The molecule has 0 aliphatic heterocycles. The third-order valence-electron chi connectivity index (χ3n) is 4.14. The van der Waals surface area contributed by atoms with Crippen molar-refractivity contribution in [1.29, 1.82) is 0 Å². The van der Waals surface area contributed by atoms with Crippen LogP contribution in [0, 0.1) is 6.92 Å². The lowest BCUT2D eigenvalue weighted by atomic mass is 9.98. The standard InChI is InChI=1S/C18H23F3N2OSi/c1-11-14(10-12-6-8-13(24-2)9-7-12)16(22)23-17(25(3,4)5)15(11)18(19,20)21/h6-9H,10H2,1-5H3,(H2,22,23). The minimum atomic E-state index is -4.45. The SMILES string of the molecule is COc1ccc(Cc2c(N)nc([Si](C)(C)C)c(C(F)(F)F)c2C)cc1. The summed E-state index contributed by atoms with van der Waals surface area (Å²) in [4.78, 5) is 4.20. The highest BCUT2D eigenvalue weighted by molar-refractivity contribution is 6.88. The fourth-order valence-corrected chi connectivity index (χ4v) is 4.36. The first-order valence-corrected chi connectivity index (χ1v) is 11.4. The van der Waals surface area contributed by atoms with E-state index in [2.05, 4.69) is 4.98 Å². The third-order valence-corrected chi connectivity index (χ3v) is 5.92. The fourth-order valence-electron chi connectivity index (χ4n) is 2.82. The number of halogens is 3. The number of nitrogens with two attached hydrogens (primary N) is 1. The van der Waals surface area contributed by atoms with Crippen LogP contribution in [0.4, 0.5) is 19.0 Å². The molecular formula is C18H23F3N2OSi. The molecule has 2 rings (SSSR count). The molecule has 1 aromatic carbocycles. The molecule has 25 heavy (non-hydrogen) atoms. The predicted molar refractivity (Wildman–Crippen MR) is 97.2 cm³/mol. The van der Waals surface area contributed by atoms with Crippen LogP contribution in [0.25, 0.3) is 0 Å². The largest absolute Gasteiger partial charge is 0.497 e. The Morgan fingerprint density at radius 1 is 1.12 bits per heavy atom. The fraction of sp³-hybridized carbons (Fsp3) is 0.389. The molecule has 0 fully saturated rings.